The molecular weight excluding hydrogens is 821 g/mol. The molecule has 0 aromatic heterocycles. The Hall–Kier alpha value is -7.42. The summed E-state index contributed by atoms with van der Waals surface area (Å²) in [5.41, 5.74) is 29.5. The van der Waals surface area contributed by atoms with E-state index in [1.165, 1.54) is 129 Å². The molecule has 1 N–H and O–H groups in total. The molecule has 0 fully saturated rings. The molecule has 2 nitrogen and oxygen atoms in total. The predicted molar refractivity (Wildman–Crippen MR) is 287 cm³/mol. The van der Waals surface area contributed by atoms with Crippen LogP contribution in [0.3, 0.4) is 0 Å². The van der Waals surface area contributed by atoms with Gasteiger partial charge in [0.05, 0.1) is 11.4 Å². The Labute approximate surface area is 402 Å². The number of hydrogen-bond donors (Lipinski definition) is 1. The fourth-order valence-corrected chi connectivity index (χ4v) is 12.7. The van der Waals surface area contributed by atoms with Crippen LogP contribution < -0.4 is 10.2 Å². The SMILES string of the molecule is CC1(C)c2ccccc2Nc2cc3c(cc21)-c1ccc(-c2ccc(-c4ccc(-c5ccc6c(c5)C(C)(C)c5cc7c(cc5-6)N(c5ccccc5)c5ccccc5C7(C)C)cc4)cc2)cc1C3(C)C. The fourth-order valence-electron chi connectivity index (χ4n) is 12.7. The third kappa shape index (κ3) is 5.70. The maximum absolute atomic E-state index is 3.79. The maximum atomic E-state index is 3.79. The molecule has 0 atom stereocenters. The van der Waals surface area contributed by atoms with Gasteiger partial charge >= 0.3 is 0 Å². The lowest BCUT2D eigenvalue weighted by molar-refractivity contribution is 0.620. The molecule has 0 bridgehead atoms. The van der Waals surface area contributed by atoms with Crippen molar-refractivity contribution in [3.05, 3.63) is 233 Å². The smallest absolute Gasteiger partial charge is 0.0509 e. The Morgan fingerprint density at radius 1 is 0.279 bits per heavy atom. The van der Waals surface area contributed by atoms with Gasteiger partial charge in [0.15, 0.2) is 0 Å². The van der Waals surface area contributed by atoms with Gasteiger partial charge in [0.2, 0.25) is 0 Å². The van der Waals surface area contributed by atoms with E-state index in [4.69, 9.17) is 0 Å². The lowest BCUT2D eigenvalue weighted by atomic mass is 9.71. The van der Waals surface area contributed by atoms with Crippen LogP contribution in [-0.4, -0.2) is 0 Å². The van der Waals surface area contributed by atoms with Gasteiger partial charge < -0.3 is 10.2 Å². The van der Waals surface area contributed by atoms with Crippen molar-refractivity contribution >= 4 is 28.4 Å². The van der Waals surface area contributed by atoms with Crippen LogP contribution in [0.25, 0.3) is 55.6 Å². The van der Waals surface area contributed by atoms with Crippen molar-refractivity contribution < 1.29 is 0 Å². The van der Waals surface area contributed by atoms with E-state index in [1.807, 2.05) is 0 Å². The molecule has 2 aliphatic carbocycles. The van der Waals surface area contributed by atoms with Gasteiger partial charge in [-0.3, -0.25) is 0 Å². The van der Waals surface area contributed by atoms with Gasteiger partial charge in [0.25, 0.3) is 0 Å². The van der Waals surface area contributed by atoms with Gasteiger partial charge in [0.1, 0.15) is 0 Å². The molecule has 68 heavy (non-hydrogen) atoms. The molecule has 9 aromatic rings. The Morgan fingerprint density at radius 2 is 0.721 bits per heavy atom. The van der Waals surface area contributed by atoms with Crippen molar-refractivity contribution in [1.29, 1.82) is 0 Å². The quantitative estimate of drug-likeness (QED) is 0.189. The summed E-state index contributed by atoms with van der Waals surface area (Å²) in [4.78, 5) is 2.47. The van der Waals surface area contributed by atoms with Crippen molar-refractivity contribution in [2.24, 2.45) is 0 Å². The number of para-hydroxylation sites is 3. The fraction of sp³-hybridized carbons (Fsp3) is 0.182. The van der Waals surface area contributed by atoms with E-state index in [0.717, 1.165) is 0 Å². The molecule has 13 rings (SSSR count). The number of fused-ring (bicyclic) bond motifs is 10. The van der Waals surface area contributed by atoms with Gasteiger partial charge in [-0.25, -0.2) is 0 Å². The van der Waals surface area contributed by atoms with Crippen molar-refractivity contribution in [2.45, 2.75) is 77.0 Å². The first-order valence-corrected chi connectivity index (χ1v) is 24.4. The average molecular weight is 877 g/mol. The van der Waals surface area contributed by atoms with Crippen LogP contribution in [0.1, 0.15) is 99.9 Å². The van der Waals surface area contributed by atoms with E-state index in [9.17, 15) is 0 Å². The van der Waals surface area contributed by atoms with E-state index in [1.54, 1.807) is 0 Å². The molecule has 0 saturated carbocycles. The first-order chi connectivity index (χ1) is 32.7. The van der Waals surface area contributed by atoms with Gasteiger partial charge in [-0.05, 0) is 155 Å². The second-order valence-corrected chi connectivity index (χ2v) is 21.9. The van der Waals surface area contributed by atoms with Crippen LogP contribution in [0.4, 0.5) is 28.4 Å². The van der Waals surface area contributed by atoms with Crippen molar-refractivity contribution in [1.82, 2.24) is 0 Å². The van der Waals surface area contributed by atoms with Crippen LogP contribution in [0.2, 0.25) is 0 Å². The molecule has 330 valence electrons. The minimum Gasteiger partial charge on any atom is -0.355 e. The van der Waals surface area contributed by atoms with Crippen molar-refractivity contribution in [3.63, 3.8) is 0 Å². The zero-order chi connectivity index (χ0) is 46.5. The summed E-state index contributed by atoms with van der Waals surface area (Å²) in [6, 6.07) is 71.0. The number of hydrogen-bond acceptors (Lipinski definition) is 2. The van der Waals surface area contributed by atoms with Gasteiger partial charge in [0, 0.05) is 38.7 Å². The minimum absolute atomic E-state index is 0.0902. The van der Waals surface area contributed by atoms with Crippen LogP contribution >= 0.6 is 0 Å². The first-order valence-electron chi connectivity index (χ1n) is 24.4. The molecule has 9 aromatic carbocycles. The molecule has 0 unspecified atom stereocenters. The molecule has 0 radical (unpaired) electrons. The monoisotopic (exact) mass is 876 g/mol. The van der Waals surface area contributed by atoms with Crippen LogP contribution in [0.15, 0.2) is 188 Å². The van der Waals surface area contributed by atoms with Gasteiger partial charge in [-0.15, -0.1) is 0 Å². The standard InChI is InChI=1S/C66H56N2/c1-63(2)51-18-12-14-20-59(51)67-60-39-56-49(36-57(60)63)47-32-30-44(34-53(47)66(56,7)8)42-26-22-40(23-27-42)41-24-28-43(29-25-41)45-31-33-48-50-37-62-58(38-55(50)65(5,6)54(48)35-45)64(3,4)52-19-13-15-21-61(52)68(62)46-16-10-9-11-17-46/h9-39,67H,1-8H3. The Morgan fingerprint density at radius 3 is 1.32 bits per heavy atom. The lowest BCUT2D eigenvalue weighted by Gasteiger charge is -2.42. The maximum Gasteiger partial charge on any atom is 0.0509 e. The molecule has 0 amide bonds. The number of nitrogens with zero attached hydrogens (tertiary/aromatic N) is 1. The van der Waals surface area contributed by atoms with Crippen LogP contribution in [0, 0.1) is 0 Å². The number of nitrogens with one attached hydrogen (secondary N) is 1. The molecule has 2 heterocycles. The average Bonchev–Trinajstić information content (AvgIpc) is 3.71. The summed E-state index contributed by atoms with van der Waals surface area (Å²) in [5.74, 6) is 0. The highest BCUT2D eigenvalue weighted by Crippen LogP contribution is 2.59. The van der Waals surface area contributed by atoms with Gasteiger partial charge in [-0.2, -0.15) is 0 Å². The summed E-state index contributed by atoms with van der Waals surface area (Å²) in [6.07, 6.45) is 0. The molecular formula is C66H56N2. The largest absolute Gasteiger partial charge is 0.355 e. The minimum atomic E-state index is -0.151. The molecule has 2 aliphatic heterocycles. The van der Waals surface area contributed by atoms with Crippen LogP contribution in [-0.2, 0) is 21.7 Å². The summed E-state index contributed by atoms with van der Waals surface area (Å²) < 4.78 is 0. The summed E-state index contributed by atoms with van der Waals surface area (Å²) in [6.45, 7) is 19.1. The summed E-state index contributed by atoms with van der Waals surface area (Å²) in [7, 11) is 0. The molecule has 0 spiro atoms. The van der Waals surface area contributed by atoms with Gasteiger partial charge in [-0.1, -0.05) is 189 Å². The topological polar surface area (TPSA) is 15.3 Å². The van der Waals surface area contributed by atoms with E-state index < -0.39 is 0 Å². The third-order valence-electron chi connectivity index (χ3n) is 16.7. The Balaban J connectivity index is 0.782. The summed E-state index contributed by atoms with van der Waals surface area (Å²) in [5, 5.41) is 3.79. The Bertz CT molecular complexity index is 3570. The molecule has 2 heteroatoms. The zero-order valence-electron chi connectivity index (χ0n) is 40.3. The second-order valence-electron chi connectivity index (χ2n) is 21.9. The zero-order valence-corrected chi connectivity index (χ0v) is 40.3. The highest BCUT2D eigenvalue weighted by molar-refractivity contribution is 5.93. The molecule has 0 saturated heterocycles. The predicted octanol–water partition coefficient (Wildman–Crippen LogP) is 17.8. The number of anilines is 5. The number of rotatable bonds is 4. The lowest BCUT2D eigenvalue weighted by Crippen LogP contribution is -2.31. The van der Waals surface area contributed by atoms with E-state index in [-0.39, 0.29) is 21.7 Å². The van der Waals surface area contributed by atoms with E-state index >= 15 is 0 Å². The molecule has 4 aliphatic rings. The second kappa shape index (κ2) is 14.1. The summed E-state index contributed by atoms with van der Waals surface area (Å²) >= 11 is 0. The third-order valence-corrected chi connectivity index (χ3v) is 16.7. The van der Waals surface area contributed by atoms with E-state index in [0.29, 0.717) is 0 Å². The highest BCUT2D eigenvalue weighted by atomic mass is 15.2. The first kappa shape index (κ1) is 40.8. The normalized spacial score (nSPS) is 16.5. The van der Waals surface area contributed by atoms with E-state index in [2.05, 4.69) is 254 Å². The highest BCUT2D eigenvalue weighted by Gasteiger charge is 2.43. The van der Waals surface area contributed by atoms with Crippen LogP contribution in [0.5, 0.6) is 0 Å². The van der Waals surface area contributed by atoms with Crippen molar-refractivity contribution in [3.8, 4) is 55.6 Å². The Kier molecular flexibility index (Phi) is 8.44. The number of benzene rings is 9. The van der Waals surface area contributed by atoms with Crippen molar-refractivity contribution in [2.75, 3.05) is 10.2 Å².